The quantitative estimate of drug-likeness (QED) is 0.694. The number of fused-ring (bicyclic) bond motifs is 4. The van der Waals surface area contributed by atoms with E-state index < -0.39 is 0 Å². The largest absolute Gasteiger partial charge is 0.398 e. The van der Waals surface area contributed by atoms with Gasteiger partial charge in [-0.2, -0.15) is 0 Å². The summed E-state index contributed by atoms with van der Waals surface area (Å²) < 4.78 is 0. The molecular formula is C15H13N. The molecule has 2 N–H and O–H groups in total. The van der Waals surface area contributed by atoms with Gasteiger partial charge in [0, 0.05) is 12.1 Å². The maximum atomic E-state index is 6.10. The Bertz CT molecular complexity index is 557. The van der Waals surface area contributed by atoms with E-state index in [2.05, 4.69) is 54.6 Å². The molecule has 0 saturated heterocycles. The summed E-state index contributed by atoms with van der Waals surface area (Å²) in [6, 6.07) is 8.40. The highest BCUT2D eigenvalue weighted by molar-refractivity contribution is 5.82. The second kappa shape index (κ2) is 3.53. The van der Waals surface area contributed by atoms with Crippen LogP contribution in [0.1, 0.15) is 17.5 Å². The lowest BCUT2D eigenvalue weighted by atomic mass is 9.98. The molecule has 2 aliphatic rings. The van der Waals surface area contributed by atoms with E-state index in [1.54, 1.807) is 0 Å². The van der Waals surface area contributed by atoms with Crippen molar-refractivity contribution >= 4 is 11.6 Å². The molecule has 0 aliphatic heterocycles. The summed E-state index contributed by atoms with van der Waals surface area (Å²) in [6.07, 6.45) is 11.4. The Morgan fingerprint density at radius 1 is 0.938 bits per heavy atom. The molecule has 0 spiro atoms. The first-order valence-electron chi connectivity index (χ1n) is 5.48. The highest BCUT2D eigenvalue weighted by atomic mass is 14.6. The van der Waals surface area contributed by atoms with Gasteiger partial charge in [-0.05, 0) is 28.3 Å². The Kier molecular flexibility index (Phi) is 2.03. The topological polar surface area (TPSA) is 26.0 Å². The molecular weight excluding hydrogens is 194 g/mol. The van der Waals surface area contributed by atoms with Crippen LogP contribution in [0, 0.1) is 0 Å². The smallest absolute Gasteiger partial charge is 0.0356 e. The molecule has 2 bridgehead atoms. The van der Waals surface area contributed by atoms with Gasteiger partial charge in [-0.1, -0.05) is 48.6 Å². The van der Waals surface area contributed by atoms with Crippen LogP contribution < -0.4 is 5.73 Å². The Hall–Kier alpha value is -2.02. The van der Waals surface area contributed by atoms with E-state index in [9.17, 15) is 0 Å². The molecule has 16 heavy (non-hydrogen) atoms. The summed E-state index contributed by atoms with van der Waals surface area (Å²) in [4.78, 5) is 0. The van der Waals surface area contributed by atoms with Crippen LogP contribution in [0.4, 0.5) is 0 Å². The number of benzene rings is 1. The molecule has 1 heteroatoms. The standard InChI is InChI=1S/C15H13N/c16-15-10-12-6-3-4-8-14(12)11-5-1-2-7-13(15)9-11/h1-8,10H,9,16H2. The van der Waals surface area contributed by atoms with Crippen LogP contribution in [-0.4, -0.2) is 0 Å². The molecule has 1 nitrogen and oxygen atoms in total. The van der Waals surface area contributed by atoms with Crippen LogP contribution >= 0.6 is 0 Å². The number of rotatable bonds is 0. The van der Waals surface area contributed by atoms with E-state index >= 15 is 0 Å². The van der Waals surface area contributed by atoms with Crippen molar-refractivity contribution in [3.8, 4) is 0 Å². The predicted octanol–water partition coefficient (Wildman–Crippen LogP) is 3.27. The van der Waals surface area contributed by atoms with Crippen LogP contribution in [0.5, 0.6) is 0 Å². The lowest BCUT2D eigenvalue weighted by molar-refractivity contribution is 1.22. The zero-order valence-electron chi connectivity index (χ0n) is 8.98. The van der Waals surface area contributed by atoms with Gasteiger partial charge in [0.05, 0.1) is 0 Å². The Labute approximate surface area is 95.3 Å². The molecule has 0 aromatic heterocycles. The van der Waals surface area contributed by atoms with Crippen molar-refractivity contribution in [3.05, 3.63) is 71.0 Å². The Morgan fingerprint density at radius 2 is 1.69 bits per heavy atom. The minimum Gasteiger partial charge on any atom is -0.398 e. The van der Waals surface area contributed by atoms with Gasteiger partial charge in [0.25, 0.3) is 0 Å². The molecule has 78 valence electrons. The van der Waals surface area contributed by atoms with Crippen molar-refractivity contribution in [2.45, 2.75) is 6.42 Å². The summed E-state index contributed by atoms with van der Waals surface area (Å²) in [6.45, 7) is 0. The second-order valence-electron chi connectivity index (χ2n) is 4.13. The van der Waals surface area contributed by atoms with E-state index in [1.807, 2.05) is 0 Å². The summed E-state index contributed by atoms with van der Waals surface area (Å²) in [5.41, 5.74) is 12.0. The van der Waals surface area contributed by atoms with E-state index in [1.165, 1.54) is 22.3 Å². The van der Waals surface area contributed by atoms with Gasteiger partial charge in [-0.15, -0.1) is 0 Å². The fourth-order valence-electron chi connectivity index (χ4n) is 2.23. The zero-order chi connectivity index (χ0) is 11.0. The predicted molar refractivity (Wildman–Crippen MR) is 68.4 cm³/mol. The van der Waals surface area contributed by atoms with Gasteiger partial charge in [0.2, 0.25) is 0 Å². The molecule has 0 heterocycles. The normalized spacial score (nSPS) is 17.6. The molecule has 0 unspecified atom stereocenters. The van der Waals surface area contributed by atoms with Gasteiger partial charge in [0.1, 0.15) is 0 Å². The van der Waals surface area contributed by atoms with Crippen LogP contribution in [0.25, 0.3) is 11.6 Å². The first-order chi connectivity index (χ1) is 7.84. The van der Waals surface area contributed by atoms with Crippen molar-refractivity contribution in [1.82, 2.24) is 0 Å². The summed E-state index contributed by atoms with van der Waals surface area (Å²) in [5, 5.41) is 0. The first kappa shape index (κ1) is 9.22. The maximum Gasteiger partial charge on any atom is 0.0356 e. The van der Waals surface area contributed by atoms with E-state index in [0.29, 0.717) is 0 Å². The molecule has 1 aromatic rings. The summed E-state index contributed by atoms with van der Waals surface area (Å²) in [7, 11) is 0. The highest BCUT2D eigenvalue weighted by Crippen LogP contribution is 2.33. The van der Waals surface area contributed by atoms with Crippen LogP contribution in [0.2, 0.25) is 0 Å². The van der Waals surface area contributed by atoms with Crippen LogP contribution in [0.3, 0.4) is 0 Å². The number of hydrogen-bond acceptors (Lipinski definition) is 1. The lowest BCUT2D eigenvalue weighted by Gasteiger charge is -2.07. The van der Waals surface area contributed by atoms with Crippen molar-refractivity contribution in [1.29, 1.82) is 0 Å². The monoisotopic (exact) mass is 207 g/mol. The van der Waals surface area contributed by atoms with Crippen molar-refractivity contribution in [2.24, 2.45) is 5.73 Å². The molecule has 0 amide bonds. The van der Waals surface area contributed by atoms with Gasteiger partial charge >= 0.3 is 0 Å². The van der Waals surface area contributed by atoms with Gasteiger partial charge in [-0.25, -0.2) is 0 Å². The highest BCUT2D eigenvalue weighted by Gasteiger charge is 2.15. The molecule has 0 atom stereocenters. The minimum absolute atomic E-state index is 0.877. The fraction of sp³-hybridized carbons (Fsp3) is 0.0667. The van der Waals surface area contributed by atoms with Crippen molar-refractivity contribution in [3.63, 3.8) is 0 Å². The van der Waals surface area contributed by atoms with E-state index in [0.717, 1.165) is 12.1 Å². The molecule has 2 aliphatic carbocycles. The van der Waals surface area contributed by atoms with Crippen molar-refractivity contribution < 1.29 is 0 Å². The molecule has 0 radical (unpaired) electrons. The molecule has 1 aromatic carbocycles. The van der Waals surface area contributed by atoms with Gasteiger partial charge < -0.3 is 5.73 Å². The SMILES string of the molecule is NC1=Cc2ccccc2C2=CC=CC=C1C2. The van der Waals surface area contributed by atoms with Gasteiger partial charge in [0.15, 0.2) is 0 Å². The van der Waals surface area contributed by atoms with E-state index in [4.69, 9.17) is 5.73 Å². The fourth-order valence-corrected chi connectivity index (χ4v) is 2.23. The minimum atomic E-state index is 0.877. The number of hydrogen-bond donors (Lipinski definition) is 1. The Balaban J connectivity index is 2.30. The summed E-state index contributed by atoms with van der Waals surface area (Å²) in [5.74, 6) is 0. The zero-order valence-corrected chi connectivity index (χ0v) is 8.98. The van der Waals surface area contributed by atoms with Gasteiger partial charge in [-0.3, -0.25) is 0 Å². The van der Waals surface area contributed by atoms with E-state index in [-0.39, 0.29) is 0 Å². The third kappa shape index (κ3) is 1.41. The molecule has 3 rings (SSSR count). The molecule has 0 fully saturated rings. The maximum absolute atomic E-state index is 6.10. The average Bonchev–Trinajstić information content (AvgIpc) is 2.61. The van der Waals surface area contributed by atoms with Crippen LogP contribution in [-0.2, 0) is 0 Å². The molecule has 0 saturated carbocycles. The van der Waals surface area contributed by atoms with Crippen LogP contribution in [0.15, 0.2) is 59.8 Å². The summed E-state index contributed by atoms with van der Waals surface area (Å²) >= 11 is 0. The number of allylic oxidation sites excluding steroid dienone is 6. The third-order valence-electron chi connectivity index (χ3n) is 3.08. The Morgan fingerprint density at radius 3 is 2.56 bits per heavy atom. The first-order valence-corrected chi connectivity index (χ1v) is 5.48. The average molecular weight is 207 g/mol. The second-order valence-corrected chi connectivity index (χ2v) is 4.13. The van der Waals surface area contributed by atoms with Crippen molar-refractivity contribution in [2.75, 3.05) is 0 Å². The number of nitrogens with two attached hydrogens (primary N) is 1. The third-order valence-corrected chi connectivity index (χ3v) is 3.08. The lowest BCUT2D eigenvalue weighted by Crippen LogP contribution is -1.99.